The molecular formula is C15H21N3O. The molecule has 2 aliphatic rings. The van der Waals surface area contributed by atoms with Crippen molar-refractivity contribution in [2.45, 2.75) is 38.6 Å². The van der Waals surface area contributed by atoms with Crippen LogP contribution in [0.15, 0.2) is 18.3 Å². The molecule has 3 heterocycles. The molecule has 2 fully saturated rings. The highest BCUT2D eigenvalue weighted by Crippen LogP contribution is 2.37. The van der Waals surface area contributed by atoms with Crippen LogP contribution in [-0.2, 0) is 4.79 Å². The van der Waals surface area contributed by atoms with Crippen LogP contribution in [0.1, 0.15) is 44.2 Å². The monoisotopic (exact) mass is 259 g/mol. The van der Waals surface area contributed by atoms with Crippen molar-refractivity contribution in [1.29, 1.82) is 0 Å². The van der Waals surface area contributed by atoms with Gasteiger partial charge in [0.05, 0.1) is 6.04 Å². The lowest BCUT2D eigenvalue weighted by atomic mass is 10.0. The van der Waals surface area contributed by atoms with Crippen LogP contribution in [0.2, 0.25) is 0 Å². The van der Waals surface area contributed by atoms with E-state index in [1.165, 1.54) is 18.4 Å². The van der Waals surface area contributed by atoms with Gasteiger partial charge in [-0.15, -0.1) is 0 Å². The Labute approximate surface area is 114 Å². The van der Waals surface area contributed by atoms with Crippen LogP contribution in [0.3, 0.4) is 0 Å². The second kappa shape index (κ2) is 5.19. The molecular weight excluding hydrogens is 238 g/mol. The lowest BCUT2D eigenvalue weighted by molar-refractivity contribution is -0.129. The fourth-order valence-corrected chi connectivity index (χ4v) is 3.33. The van der Waals surface area contributed by atoms with E-state index >= 15 is 0 Å². The van der Waals surface area contributed by atoms with Crippen LogP contribution in [0.25, 0.3) is 0 Å². The smallest absolute Gasteiger partial charge is 0.219 e. The number of amides is 1. The fourth-order valence-electron chi connectivity index (χ4n) is 3.33. The first-order valence-corrected chi connectivity index (χ1v) is 7.24. The minimum Gasteiger partial charge on any atom is -0.356 e. The van der Waals surface area contributed by atoms with E-state index in [0.29, 0.717) is 0 Å². The first-order valence-electron chi connectivity index (χ1n) is 7.24. The first-order chi connectivity index (χ1) is 9.27. The van der Waals surface area contributed by atoms with E-state index in [1.54, 1.807) is 6.92 Å². The highest BCUT2D eigenvalue weighted by Gasteiger charge is 2.31. The zero-order valence-corrected chi connectivity index (χ0v) is 11.5. The number of aromatic nitrogens is 1. The average Bonchev–Trinajstić information content (AvgIpc) is 3.10. The molecule has 1 amide bonds. The molecule has 0 N–H and O–H groups in total. The average molecular weight is 259 g/mol. The van der Waals surface area contributed by atoms with Crippen molar-refractivity contribution in [3.63, 3.8) is 0 Å². The fraction of sp³-hybridized carbons (Fsp3) is 0.600. The third-order valence-electron chi connectivity index (χ3n) is 4.24. The van der Waals surface area contributed by atoms with Crippen molar-refractivity contribution in [1.82, 2.24) is 9.88 Å². The highest BCUT2D eigenvalue weighted by molar-refractivity contribution is 5.74. The summed E-state index contributed by atoms with van der Waals surface area (Å²) < 4.78 is 0. The van der Waals surface area contributed by atoms with E-state index in [2.05, 4.69) is 16.0 Å². The van der Waals surface area contributed by atoms with Gasteiger partial charge >= 0.3 is 0 Å². The summed E-state index contributed by atoms with van der Waals surface area (Å²) >= 11 is 0. The summed E-state index contributed by atoms with van der Waals surface area (Å²) in [7, 11) is 0. The minimum absolute atomic E-state index is 0.179. The van der Waals surface area contributed by atoms with Crippen molar-refractivity contribution in [2.24, 2.45) is 0 Å². The Morgan fingerprint density at radius 3 is 2.79 bits per heavy atom. The van der Waals surface area contributed by atoms with Crippen molar-refractivity contribution >= 4 is 11.7 Å². The molecule has 0 saturated carbocycles. The summed E-state index contributed by atoms with van der Waals surface area (Å²) in [6, 6.07) is 4.36. The molecule has 0 aromatic carbocycles. The van der Waals surface area contributed by atoms with Crippen LogP contribution in [0.4, 0.5) is 5.82 Å². The highest BCUT2D eigenvalue weighted by atomic mass is 16.2. The molecule has 102 valence electrons. The Balaban J connectivity index is 1.93. The maximum Gasteiger partial charge on any atom is 0.219 e. The predicted molar refractivity (Wildman–Crippen MR) is 75.0 cm³/mol. The topological polar surface area (TPSA) is 36.4 Å². The molecule has 4 nitrogen and oxygen atoms in total. The summed E-state index contributed by atoms with van der Waals surface area (Å²) in [5.74, 6) is 1.27. The number of pyridine rings is 1. The molecule has 3 rings (SSSR count). The van der Waals surface area contributed by atoms with E-state index in [0.717, 1.165) is 38.3 Å². The Bertz CT molecular complexity index is 468. The molecule has 2 aliphatic heterocycles. The van der Waals surface area contributed by atoms with E-state index in [-0.39, 0.29) is 11.9 Å². The van der Waals surface area contributed by atoms with Gasteiger partial charge in [0.1, 0.15) is 5.82 Å². The molecule has 0 unspecified atom stereocenters. The van der Waals surface area contributed by atoms with E-state index in [1.807, 2.05) is 17.2 Å². The Kier molecular flexibility index (Phi) is 3.40. The van der Waals surface area contributed by atoms with Crippen molar-refractivity contribution in [2.75, 3.05) is 24.5 Å². The number of carbonyl (C=O) groups is 1. The second-order valence-electron chi connectivity index (χ2n) is 5.48. The molecule has 19 heavy (non-hydrogen) atoms. The van der Waals surface area contributed by atoms with Gasteiger partial charge in [-0.25, -0.2) is 4.98 Å². The van der Waals surface area contributed by atoms with Gasteiger partial charge in [0.2, 0.25) is 5.91 Å². The van der Waals surface area contributed by atoms with Gasteiger partial charge < -0.3 is 9.80 Å². The van der Waals surface area contributed by atoms with E-state index in [9.17, 15) is 4.79 Å². The first kappa shape index (κ1) is 12.5. The summed E-state index contributed by atoms with van der Waals surface area (Å²) in [5.41, 5.74) is 1.23. The molecule has 0 bridgehead atoms. The van der Waals surface area contributed by atoms with Gasteiger partial charge in [0, 0.05) is 38.3 Å². The van der Waals surface area contributed by atoms with Gasteiger partial charge in [-0.3, -0.25) is 4.79 Å². The molecule has 1 aromatic heterocycles. The van der Waals surface area contributed by atoms with Crippen molar-refractivity contribution in [3.05, 3.63) is 23.9 Å². The lowest BCUT2D eigenvalue weighted by Gasteiger charge is -2.28. The van der Waals surface area contributed by atoms with E-state index < -0.39 is 0 Å². The Morgan fingerprint density at radius 2 is 2.05 bits per heavy atom. The SMILES string of the molecule is CC(=O)N1CCC[C@@H]1c1cccnc1N1CCCC1. The van der Waals surface area contributed by atoms with Gasteiger partial charge in [0.25, 0.3) is 0 Å². The van der Waals surface area contributed by atoms with Gasteiger partial charge in [-0.05, 0) is 31.7 Å². The standard InChI is InChI=1S/C15H21N3O/c1-12(19)18-11-5-7-14(18)13-6-4-8-16-15(13)17-9-2-3-10-17/h4,6,8,14H,2-3,5,7,9-11H2,1H3/t14-/m1/s1. The normalized spacial score (nSPS) is 23.1. The summed E-state index contributed by atoms with van der Waals surface area (Å²) in [4.78, 5) is 20.7. The third-order valence-corrected chi connectivity index (χ3v) is 4.24. The van der Waals surface area contributed by atoms with Crippen LogP contribution in [-0.4, -0.2) is 35.4 Å². The number of rotatable bonds is 2. The van der Waals surface area contributed by atoms with Gasteiger partial charge in [-0.2, -0.15) is 0 Å². The summed E-state index contributed by atoms with van der Waals surface area (Å²) in [5, 5.41) is 0. The van der Waals surface area contributed by atoms with Gasteiger partial charge in [-0.1, -0.05) is 6.07 Å². The third kappa shape index (κ3) is 2.31. The molecule has 2 saturated heterocycles. The number of likely N-dealkylation sites (tertiary alicyclic amines) is 1. The zero-order valence-electron chi connectivity index (χ0n) is 11.5. The Hall–Kier alpha value is -1.58. The molecule has 1 atom stereocenters. The molecule has 4 heteroatoms. The quantitative estimate of drug-likeness (QED) is 0.818. The van der Waals surface area contributed by atoms with Crippen molar-refractivity contribution in [3.8, 4) is 0 Å². The summed E-state index contributed by atoms with van der Waals surface area (Å²) in [6.45, 7) is 4.74. The van der Waals surface area contributed by atoms with Crippen molar-refractivity contribution < 1.29 is 4.79 Å². The summed E-state index contributed by atoms with van der Waals surface area (Å²) in [6.07, 6.45) is 6.52. The minimum atomic E-state index is 0.179. The number of carbonyl (C=O) groups excluding carboxylic acids is 1. The van der Waals surface area contributed by atoms with Crippen LogP contribution in [0.5, 0.6) is 0 Å². The molecule has 0 spiro atoms. The zero-order chi connectivity index (χ0) is 13.2. The Morgan fingerprint density at radius 1 is 1.26 bits per heavy atom. The number of hydrogen-bond acceptors (Lipinski definition) is 3. The number of anilines is 1. The predicted octanol–water partition coefficient (Wildman–Crippen LogP) is 2.37. The maximum absolute atomic E-state index is 11.8. The lowest BCUT2D eigenvalue weighted by Crippen LogP contribution is -2.30. The van der Waals surface area contributed by atoms with E-state index in [4.69, 9.17) is 0 Å². The number of nitrogens with zero attached hydrogens (tertiary/aromatic N) is 3. The molecule has 1 aromatic rings. The maximum atomic E-state index is 11.8. The van der Waals surface area contributed by atoms with Gasteiger partial charge in [0.15, 0.2) is 0 Å². The largest absolute Gasteiger partial charge is 0.356 e. The number of hydrogen-bond donors (Lipinski definition) is 0. The van der Waals surface area contributed by atoms with Crippen LogP contribution < -0.4 is 4.90 Å². The molecule has 0 aliphatic carbocycles. The van der Waals surface area contributed by atoms with Crippen LogP contribution in [0, 0.1) is 0 Å². The van der Waals surface area contributed by atoms with Crippen LogP contribution >= 0.6 is 0 Å². The second-order valence-corrected chi connectivity index (χ2v) is 5.48. The molecule has 0 radical (unpaired) electrons.